The molecule has 0 spiro atoms. The van der Waals surface area contributed by atoms with Crippen LogP contribution in [-0.4, -0.2) is 34.1 Å². The van der Waals surface area contributed by atoms with Crippen molar-refractivity contribution in [3.63, 3.8) is 0 Å². The first-order chi connectivity index (χ1) is 9.24. The number of carboxylic acids is 1. The molecule has 0 radical (unpaired) electrons. The zero-order chi connectivity index (χ0) is 13.2. The molecule has 0 unspecified atom stereocenters. The number of carboxylic acid groups (broad SMARTS) is 1. The lowest BCUT2D eigenvalue weighted by Crippen LogP contribution is -2.00. The number of ether oxygens (including phenoxy) is 2. The monoisotopic (exact) mass is 260 g/mol. The van der Waals surface area contributed by atoms with Crippen LogP contribution in [0.15, 0.2) is 36.7 Å². The van der Waals surface area contributed by atoms with E-state index in [2.05, 4.69) is 5.10 Å². The first-order valence-electron chi connectivity index (χ1n) is 5.85. The quantitative estimate of drug-likeness (QED) is 0.907. The Morgan fingerprint density at radius 1 is 1.26 bits per heavy atom. The third-order valence-corrected chi connectivity index (χ3v) is 2.88. The highest BCUT2D eigenvalue weighted by Crippen LogP contribution is 2.23. The van der Waals surface area contributed by atoms with Gasteiger partial charge in [-0.3, -0.25) is 0 Å². The van der Waals surface area contributed by atoms with E-state index >= 15 is 0 Å². The molecule has 1 fully saturated rings. The van der Waals surface area contributed by atoms with E-state index in [1.165, 1.54) is 17.1 Å². The average Bonchev–Trinajstić information content (AvgIpc) is 3.11. The maximum atomic E-state index is 10.8. The first-order valence-corrected chi connectivity index (χ1v) is 5.85. The molecule has 1 N–H and O–H groups in total. The van der Waals surface area contributed by atoms with Gasteiger partial charge >= 0.3 is 5.97 Å². The fourth-order valence-corrected chi connectivity index (χ4v) is 1.91. The minimum atomic E-state index is -0.990. The fourth-order valence-electron chi connectivity index (χ4n) is 1.91. The Hall–Kier alpha value is -2.18. The summed E-state index contributed by atoms with van der Waals surface area (Å²) in [5.74, 6) is -0.990. The standard InChI is InChI=1S/C13H12N2O4/c16-12(17)10-7-14-15(8-10)11-3-1-9(2-4-11)13-18-5-6-19-13/h1-4,7-8,13H,5-6H2,(H,16,17). The Kier molecular flexibility index (Phi) is 3.02. The number of carbonyl (C=O) groups is 1. The predicted octanol–water partition coefficient (Wildman–Crippen LogP) is 1.62. The smallest absolute Gasteiger partial charge is 0.338 e. The van der Waals surface area contributed by atoms with E-state index in [-0.39, 0.29) is 11.9 Å². The third kappa shape index (κ3) is 2.35. The van der Waals surface area contributed by atoms with Gasteiger partial charge in [0.1, 0.15) is 0 Å². The minimum Gasteiger partial charge on any atom is -0.478 e. The zero-order valence-corrected chi connectivity index (χ0v) is 10.0. The molecule has 0 atom stereocenters. The van der Waals surface area contributed by atoms with Gasteiger partial charge in [-0.25, -0.2) is 9.48 Å². The molecule has 3 rings (SSSR count). The van der Waals surface area contributed by atoms with E-state index in [4.69, 9.17) is 14.6 Å². The average molecular weight is 260 g/mol. The van der Waals surface area contributed by atoms with Crippen LogP contribution in [0.1, 0.15) is 22.2 Å². The van der Waals surface area contributed by atoms with Crippen molar-refractivity contribution in [2.24, 2.45) is 0 Å². The second-order valence-corrected chi connectivity index (χ2v) is 4.14. The summed E-state index contributed by atoms with van der Waals surface area (Å²) in [4.78, 5) is 10.8. The molecule has 0 bridgehead atoms. The summed E-state index contributed by atoms with van der Waals surface area (Å²) in [6, 6.07) is 7.46. The van der Waals surface area contributed by atoms with E-state index in [1.807, 2.05) is 24.3 Å². The van der Waals surface area contributed by atoms with Gasteiger partial charge in [-0.05, 0) is 12.1 Å². The van der Waals surface area contributed by atoms with Gasteiger partial charge in [0, 0.05) is 11.8 Å². The lowest BCUT2D eigenvalue weighted by molar-refractivity contribution is -0.0441. The second kappa shape index (κ2) is 4.83. The van der Waals surface area contributed by atoms with Crippen LogP contribution in [0.5, 0.6) is 0 Å². The largest absolute Gasteiger partial charge is 0.478 e. The number of aromatic nitrogens is 2. The van der Waals surface area contributed by atoms with Crippen LogP contribution in [0.3, 0.4) is 0 Å². The van der Waals surface area contributed by atoms with Crippen molar-refractivity contribution in [2.45, 2.75) is 6.29 Å². The Morgan fingerprint density at radius 2 is 1.95 bits per heavy atom. The molecule has 0 aliphatic carbocycles. The van der Waals surface area contributed by atoms with Crippen molar-refractivity contribution in [2.75, 3.05) is 13.2 Å². The van der Waals surface area contributed by atoms with Crippen LogP contribution in [0.4, 0.5) is 0 Å². The maximum Gasteiger partial charge on any atom is 0.338 e. The molecule has 1 saturated heterocycles. The van der Waals surface area contributed by atoms with Crippen molar-refractivity contribution in [1.29, 1.82) is 0 Å². The highest BCUT2D eigenvalue weighted by Gasteiger charge is 2.18. The first kappa shape index (κ1) is 11.9. The van der Waals surface area contributed by atoms with Crippen LogP contribution in [0, 0.1) is 0 Å². The minimum absolute atomic E-state index is 0.159. The molecule has 2 aromatic rings. The Bertz CT molecular complexity index is 585. The lowest BCUT2D eigenvalue weighted by Gasteiger charge is -2.09. The van der Waals surface area contributed by atoms with E-state index in [0.717, 1.165) is 11.3 Å². The van der Waals surface area contributed by atoms with Crippen LogP contribution in [0.25, 0.3) is 5.69 Å². The van der Waals surface area contributed by atoms with Crippen molar-refractivity contribution < 1.29 is 19.4 Å². The summed E-state index contributed by atoms with van der Waals surface area (Å²) in [7, 11) is 0. The van der Waals surface area contributed by atoms with Gasteiger partial charge in [0.25, 0.3) is 0 Å². The number of nitrogens with zero attached hydrogens (tertiary/aromatic N) is 2. The number of hydrogen-bond acceptors (Lipinski definition) is 4. The number of hydrogen-bond donors (Lipinski definition) is 1. The molecule has 98 valence electrons. The van der Waals surface area contributed by atoms with Crippen molar-refractivity contribution in [1.82, 2.24) is 9.78 Å². The van der Waals surface area contributed by atoms with E-state index in [9.17, 15) is 4.79 Å². The molecule has 0 saturated carbocycles. The maximum absolute atomic E-state index is 10.8. The van der Waals surface area contributed by atoms with Crippen molar-refractivity contribution >= 4 is 5.97 Å². The van der Waals surface area contributed by atoms with Gasteiger partial charge < -0.3 is 14.6 Å². The molecule has 1 aromatic carbocycles. The predicted molar refractivity (Wildman–Crippen MR) is 65.2 cm³/mol. The van der Waals surface area contributed by atoms with Gasteiger partial charge in [0.15, 0.2) is 6.29 Å². The van der Waals surface area contributed by atoms with Crippen molar-refractivity contribution in [3.05, 3.63) is 47.8 Å². The van der Waals surface area contributed by atoms with Gasteiger partial charge in [-0.1, -0.05) is 12.1 Å². The third-order valence-electron chi connectivity index (χ3n) is 2.88. The second-order valence-electron chi connectivity index (χ2n) is 4.14. The Balaban J connectivity index is 1.82. The molecule has 1 aliphatic heterocycles. The van der Waals surface area contributed by atoms with Crippen LogP contribution in [0.2, 0.25) is 0 Å². The van der Waals surface area contributed by atoms with Crippen LogP contribution in [-0.2, 0) is 9.47 Å². The summed E-state index contributed by atoms with van der Waals surface area (Å²) in [6.07, 6.45) is 2.49. The van der Waals surface area contributed by atoms with Crippen molar-refractivity contribution in [3.8, 4) is 5.69 Å². The fraction of sp³-hybridized carbons (Fsp3) is 0.231. The molecule has 6 heteroatoms. The van der Waals surface area contributed by atoms with Crippen LogP contribution >= 0.6 is 0 Å². The molecular weight excluding hydrogens is 248 g/mol. The van der Waals surface area contributed by atoms with E-state index in [1.54, 1.807) is 0 Å². The topological polar surface area (TPSA) is 73.6 Å². The normalized spacial score (nSPS) is 15.8. The molecule has 1 aliphatic rings. The SMILES string of the molecule is O=C(O)c1cnn(-c2ccc(C3OCCO3)cc2)c1. The highest BCUT2D eigenvalue weighted by atomic mass is 16.7. The van der Waals surface area contributed by atoms with Gasteiger partial charge in [-0.15, -0.1) is 0 Å². The summed E-state index contributed by atoms with van der Waals surface area (Å²) < 4.78 is 12.3. The molecule has 19 heavy (non-hydrogen) atoms. The number of aromatic carboxylic acids is 1. The molecule has 1 aromatic heterocycles. The molecular formula is C13H12N2O4. The lowest BCUT2D eigenvalue weighted by atomic mass is 10.2. The van der Waals surface area contributed by atoms with Gasteiger partial charge in [-0.2, -0.15) is 5.10 Å². The summed E-state index contributed by atoms with van der Waals surface area (Å²) in [5, 5.41) is 12.9. The highest BCUT2D eigenvalue weighted by molar-refractivity contribution is 5.86. The summed E-state index contributed by atoms with van der Waals surface area (Å²) in [6.45, 7) is 1.21. The Labute approximate surface area is 109 Å². The Morgan fingerprint density at radius 3 is 2.53 bits per heavy atom. The molecule has 2 heterocycles. The molecule has 6 nitrogen and oxygen atoms in total. The van der Waals surface area contributed by atoms with E-state index < -0.39 is 5.97 Å². The molecule has 0 amide bonds. The number of rotatable bonds is 3. The van der Waals surface area contributed by atoms with Gasteiger partial charge in [0.05, 0.1) is 30.7 Å². The summed E-state index contributed by atoms with van der Waals surface area (Å²) in [5.41, 5.74) is 1.88. The number of benzene rings is 1. The summed E-state index contributed by atoms with van der Waals surface area (Å²) >= 11 is 0. The zero-order valence-electron chi connectivity index (χ0n) is 10.0. The van der Waals surface area contributed by atoms with E-state index in [0.29, 0.717) is 13.2 Å². The van der Waals surface area contributed by atoms with Gasteiger partial charge in [0.2, 0.25) is 0 Å². The van der Waals surface area contributed by atoms with Crippen LogP contribution < -0.4 is 0 Å².